The number of carbonyl (C=O) groups excluding carboxylic acids is 2. The molecule has 0 saturated carbocycles. The van der Waals surface area contributed by atoms with Gasteiger partial charge in [-0.1, -0.05) is 6.07 Å². The van der Waals surface area contributed by atoms with Gasteiger partial charge in [0.15, 0.2) is 11.5 Å². The molecule has 2 aromatic rings. The van der Waals surface area contributed by atoms with E-state index in [2.05, 4.69) is 17.3 Å². The van der Waals surface area contributed by atoms with Gasteiger partial charge in [-0.3, -0.25) is 4.79 Å². The lowest BCUT2D eigenvalue weighted by Gasteiger charge is -2.34. The van der Waals surface area contributed by atoms with Gasteiger partial charge in [-0.15, -0.1) is 0 Å². The molecule has 0 bridgehead atoms. The fraction of sp³-hybridized carbons (Fsp3) is 0.481. The van der Waals surface area contributed by atoms with E-state index in [-0.39, 0.29) is 5.91 Å². The zero-order valence-corrected chi connectivity index (χ0v) is 21.1. The van der Waals surface area contributed by atoms with Crippen LogP contribution in [0.1, 0.15) is 34.6 Å². The second-order valence-corrected chi connectivity index (χ2v) is 9.27. The summed E-state index contributed by atoms with van der Waals surface area (Å²) in [6, 6.07) is 9.90. The maximum atomic E-state index is 13.0. The number of hydrogen-bond acceptors (Lipinski definition) is 6. The fourth-order valence-electron chi connectivity index (χ4n) is 5.00. The van der Waals surface area contributed by atoms with Crippen LogP contribution in [0.15, 0.2) is 30.3 Å². The Labute approximate surface area is 207 Å². The summed E-state index contributed by atoms with van der Waals surface area (Å²) in [6.07, 6.45) is 2.65. The molecule has 0 aromatic heterocycles. The number of methoxy groups -OCH3 is 2. The lowest BCUT2D eigenvalue weighted by atomic mass is 9.77. The van der Waals surface area contributed by atoms with Gasteiger partial charge in [0.2, 0.25) is 5.91 Å². The standard InChI is InChI=1S/C27H35N3O5/c1-28-27(32)35-22-5-6-23-20(14-22)13-21(23)17-29(2)10-9-26(31)30-11-7-18-15-24(33-3)25(34-4)16-19(18)8-12-30/h5-6,14-16,21H,7-13,17H2,1-4H3,(H,28,32). The number of amides is 2. The molecule has 188 valence electrons. The molecule has 1 aliphatic carbocycles. The quantitative estimate of drug-likeness (QED) is 0.625. The van der Waals surface area contributed by atoms with E-state index in [1.54, 1.807) is 21.3 Å². The second kappa shape index (κ2) is 11.0. The van der Waals surface area contributed by atoms with Crippen LogP contribution >= 0.6 is 0 Å². The van der Waals surface area contributed by atoms with Crippen molar-refractivity contribution in [2.45, 2.75) is 31.6 Å². The van der Waals surface area contributed by atoms with E-state index in [9.17, 15) is 9.59 Å². The Balaban J connectivity index is 1.25. The lowest BCUT2D eigenvalue weighted by Crippen LogP contribution is -2.37. The molecule has 8 nitrogen and oxygen atoms in total. The van der Waals surface area contributed by atoms with Gasteiger partial charge in [0.1, 0.15) is 5.75 Å². The third-order valence-electron chi connectivity index (χ3n) is 7.04. The molecular weight excluding hydrogens is 446 g/mol. The molecule has 1 atom stereocenters. The second-order valence-electron chi connectivity index (χ2n) is 9.27. The molecule has 1 heterocycles. The summed E-state index contributed by atoms with van der Waals surface area (Å²) >= 11 is 0. The number of nitrogens with zero attached hydrogens (tertiary/aromatic N) is 2. The van der Waals surface area contributed by atoms with Crippen molar-refractivity contribution in [1.29, 1.82) is 0 Å². The Kier molecular flexibility index (Phi) is 7.80. The average molecular weight is 482 g/mol. The van der Waals surface area contributed by atoms with E-state index in [0.717, 1.165) is 56.9 Å². The first-order valence-corrected chi connectivity index (χ1v) is 12.1. The topological polar surface area (TPSA) is 80.3 Å². The summed E-state index contributed by atoms with van der Waals surface area (Å²) in [6.45, 7) is 3.08. The summed E-state index contributed by atoms with van der Waals surface area (Å²) < 4.78 is 16.1. The molecule has 2 aromatic carbocycles. The smallest absolute Gasteiger partial charge is 0.412 e. The van der Waals surface area contributed by atoms with E-state index in [1.807, 2.05) is 35.2 Å². The summed E-state index contributed by atoms with van der Waals surface area (Å²) in [5.41, 5.74) is 4.96. The molecule has 0 spiro atoms. The van der Waals surface area contributed by atoms with Crippen molar-refractivity contribution in [3.63, 3.8) is 0 Å². The number of carbonyl (C=O) groups is 2. The molecule has 2 amide bonds. The van der Waals surface area contributed by atoms with Crippen LogP contribution in [0.2, 0.25) is 0 Å². The van der Waals surface area contributed by atoms with E-state index < -0.39 is 6.09 Å². The van der Waals surface area contributed by atoms with Crippen molar-refractivity contribution in [3.8, 4) is 17.2 Å². The van der Waals surface area contributed by atoms with Gasteiger partial charge in [0, 0.05) is 45.6 Å². The molecule has 0 saturated heterocycles. The lowest BCUT2D eigenvalue weighted by molar-refractivity contribution is -0.131. The highest BCUT2D eigenvalue weighted by atomic mass is 16.6. The monoisotopic (exact) mass is 481 g/mol. The Bertz CT molecular complexity index is 1050. The van der Waals surface area contributed by atoms with Crippen molar-refractivity contribution in [1.82, 2.24) is 15.1 Å². The largest absolute Gasteiger partial charge is 0.493 e. The Morgan fingerprint density at radius 3 is 2.26 bits per heavy atom. The predicted octanol–water partition coefficient (Wildman–Crippen LogP) is 3.01. The number of fused-ring (bicyclic) bond motifs is 2. The molecule has 0 radical (unpaired) electrons. The van der Waals surface area contributed by atoms with Crippen LogP contribution in [0, 0.1) is 0 Å². The molecule has 1 unspecified atom stereocenters. The van der Waals surface area contributed by atoms with Crippen molar-refractivity contribution < 1.29 is 23.8 Å². The van der Waals surface area contributed by atoms with Crippen molar-refractivity contribution in [2.75, 3.05) is 54.5 Å². The van der Waals surface area contributed by atoms with Crippen LogP contribution in [0.5, 0.6) is 17.2 Å². The van der Waals surface area contributed by atoms with Gasteiger partial charge in [0.25, 0.3) is 0 Å². The minimum Gasteiger partial charge on any atom is -0.493 e. The zero-order valence-electron chi connectivity index (χ0n) is 21.1. The molecule has 1 N–H and O–H groups in total. The Hall–Kier alpha value is -3.26. The summed E-state index contributed by atoms with van der Waals surface area (Å²) in [5.74, 6) is 2.68. The molecular formula is C27H35N3O5. The molecule has 1 aliphatic heterocycles. The summed E-state index contributed by atoms with van der Waals surface area (Å²) in [5, 5.41) is 2.46. The van der Waals surface area contributed by atoms with Gasteiger partial charge >= 0.3 is 6.09 Å². The van der Waals surface area contributed by atoms with Crippen molar-refractivity contribution >= 4 is 12.0 Å². The number of rotatable bonds is 8. The minimum absolute atomic E-state index is 0.202. The summed E-state index contributed by atoms with van der Waals surface area (Å²) in [4.78, 5) is 28.6. The normalized spacial score (nSPS) is 16.5. The van der Waals surface area contributed by atoms with Gasteiger partial charge in [-0.05, 0) is 72.8 Å². The van der Waals surface area contributed by atoms with Crippen LogP contribution in [0.25, 0.3) is 0 Å². The number of hydrogen-bond donors (Lipinski definition) is 1. The highest BCUT2D eigenvalue weighted by Crippen LogP contribution is 2.38. The van der Waals surface area contributed by atoms with Gasteiger partial charge in [0.05, 0.1) is 14.2 Å². The number of ether oxygens (including phenoxy) is 3. The van der Waals surface area contributed by atoms with E-state index >= 15 is 0 Å². The predicted molar refractivity (Wildman–Crippen MR) is 134 cm³/mol. The van der Waals surface area contributed by atoms with Crippen LogP contribution in [-0.4, -0.2) is 76.3 Å². The first kappa shape index (κ1) is 24.9. The van der Waals surface area contributed by atoms with Crippen molar-refractivity contribution in [2.24, 2.45) is 0 Å². The number of likely N-dealkylation sites (N-methyl/N-ethyl adjacent to an activating group) is 1. The van der Waals surface area contributed by atoms with Crippen molar-refractivity contribution in [3.05, 3.63) is 52.6 Å². The third kappa shape index (κ3) is 5.70. The fourth-order valence-corrected chi connectivity index (χ4v) is 5.00. The molecule has 2 aliphatic rings. The van der Waals surface area contributed by atoms with Gasteiger partial charge in [-0.2, -0.15) is 0 Å². The molecule has 8 heteroatoms. The first-order chi connectivity index (χ1) is 16.9. The van der Waals surface area contributed by atoms with Crippen LogP contribution in [0.4, 0.5) is 4.79 Å². The SMILES string of the molecule is CNC(=O)Oc1ccc2c(c1)CC2CN(C)CCC(=O)N1CCc2cc(OC)c(OC)cc2CC1. The number of nitrogens with one attached hydrogen (secondary N) is 1. The van der Waals surface area contributed by atoms with Gasteiger partial charge < -0.3 is 29.3 Å². The minimum atomic E-state index is -0.460. The highest BCUT2D eigenvalue weighted by molar-refractivity contribution is 5.76. The average Bonchev–Trinajstić information content (AvgIpc) is 3.07. The zero-order chi connectivity index (χ0) is 24.9. The van der Waals surface area contributed by atoms with Gasteiger partial charge in [-0.25, -0.2) is 4.79 Å². The molecule has 0 fully saturated rings. The molecule has 35 heavy (non-hydrogen) atoms. The van der Waals surface area contributed by atoms with E-state index in [0.29, 0.717) is 18.1 Å². The highest BCUT2D eigenvalue weighted by Gasteiger charge is 2.28. The maximum absolute atomic E-state index is 13.0. The molecule has 4 rings (SSSR count). The third-order valence-corrected chi connectivity index (χ3v) is 7.04. The summed E-state index contributed by atoms with van der Waals surface area (Å²) in [7, 11) is 6.91. The van der Waals surface area contributed by atoms with Crippen LogP contribution in [0.3, 0.4) is 0 Å². The van der Waals surface area contributed by atoms with Crippen LogP contribution in [-0.2, 0) is 24.1 Å². The van der Waals surface area contributed by atoms with Crippen LogP contribution < -0.4 is 19.5 Å². The van der Waals surface area contributed by atoms with E-state index in [1.165, 1.54) is 22.3 Å². The Morgan fingerprint density at radius 1 is 1.03 bits per heavy atom. The Morgan fingerprint density at radius 2 is 1.69 bits per heavy atom. The number of benzene rings is 2. The first-order valence-electron chi connectivity index (χ1n) is 12.1. The maximum Gasteiger partial charge on any atom is 0.412 e. The van der Waals surface area contributed by atoms with E-state index in [4.69, 9.17) is 14.2 Å².